The SMILES string of the molecule is CC[C@@H]1CN(C(=O)C(C)(C)Cc2ccccc2)C[C@H]1N1CCOCC1. The molecule has 0 spiro atoms. The number of ether oxygens (including phenoxy) is 1. The van der Waals surface area contributed by atoms with Crippen molar-refractivity contribution < 1.29 is 9.53 Å². The quantitative estimate of drug-likeness (QED) is 0.823. The summed E-state index contributed by atoms with van der Waals surface area (Å²) in [6.07, 6.45) is 1.92. The molecule has 2 aliphatic rings. The number of nitrogens with zero attached hydrogens (tertiary/aromatic N) is 2. The fourth-order valence-corrected chi connectivity index (χ4v) is 4.35. The van der Waals surface area contributed by atoms with E-state index >= 15 is 0 Å². The smallest absolute Gasteiger partial charge is 0.228 e. The first-order valence-corrected chi connectivity index (χ1v) is 9.66. The average molecular weight is 344 g/mol. The molecule has 0 bridgehead atoms. The van der Waals surface area contributed by atoms with Crippen molar-refractivity contribution in [3.63, 3.8) is 0 Å². The summed E-state index contributed by atoms with van der Waals surface area (Å²) >= 11 is 0. The molecule has 1 aromatic rings. The molecule has 0 radical (unpaired) electrons. The molecule has 2 heterocycles. The van der Waals surface area contributed by atoms with Crippen LogP contribution >= 0.6 is 0 Å². The first-order chi connectivity index (χ1) is 12.0. The number of hydrogen-bond donors (Lipinski definition) is 0. The molecule has 4 nitrogen and oxygen atoms in total. The standard InChI is InChI=1S/C21H32N2O2/c1-4-18-15-23(16-19(18)22-10-12-25-13-11-22)20(24)21(2,3)14-17-8-6-5-7-9-17/h5-9,18-19H,4,10-16H2,1-3H3/t18-,19-/m1/s1. The molecular formula is C21H32N2O2. The van der Waals surface area contributed by atoms with Gasteiger partial charge in [0.1, 0.15) is 0 Å². The highest BCUT2D eigenvalue weighted by atomic mass is 16.5. The van der Waals surface area contributed by atoms with Crippen molar-refractivity contribution in [1.29, 1.82) is 0 Å². The third kappa shape index (κ3) is 4.24. The van der Waals surface area contributed by atoms with Crippen molar-refractivity contribution >= 4 is 5.91 Å². The molecule has 25 heavy (non-hydrogen) atoms. The second-order valence-corrected chi connectivity index (χ2v) is 8.14. The first kappa shape index (κ1) is 18.4. The zero-order chi connectivity index (χ0) is 17.9. The topological polar surface area (TPSA) is 32.8 Å². The number of likely N-dealkylation sites (tertiary alicyclic amines) is 1. The molecular weight excluding hydrogens is 312 g/mol. The average Bonchev–Trinajstić information content (AvgIpc) is 3.06. The van der Waals surface area contributed by atoms with E-state index in [1.165, 1.54) is 5.56 Å². The Morgan fingerprint density at radius 3 is 2.48 bits per heavy atom. The number of benzene rings is 1. The lowest BCUT2D eigenvalue weighted by molar-refractivity contribution is -0.139. The van der Waals surface area contributed by atoms with Gasteiger partial charge in [0.2, 0.25) is 5.91 Å². The molecule has 4 heteroatoms. The van der Waals surface area contributed by atoms with Gasteiger partial charge in [-0.15, -0.1) is 0 Å². The van der Waals surface area contributed by atoms with E-state index < -0.39 is 0 Å². The molecule has 0 aromatic heterocycles. The molecule has 0 N–H and O–H groups in total. The van der Waals surface area contributed by atoms with Gasteiger partial charge in [-0.05, 0) is 17.9 Å². The van der Waals surface area contributed by atoms with E-state index in [1.54, 1.807) is 0 Å². The summed E-state index contributed by atoms with van der Waals surface area (Å²) in [5.41, 5.74) is 0.872. The van der Waals surface area contributed by atoms with Crippen LogP contribution in [0.5, 0.6) is 0 Å². The zero-order valence-corrected chi connectivity index (χ0v) is 15.9. The molecule has 2 aliphatic heterocycles. The van der Waals surface area contributed by atoms with Gasteiger partial charge in [0, 0.05) is 37.6 Å². The van der Waals surface area contributed by atoms with E-state index in [0.29, 0.717) is 17.9 Å². The van der Waals surface area contributed by atoms with Gasteiger partial charge >= 0.3 is 0 Å². The molecule has 2 atom stereocenters. The number of hydrogen-bond acceptors (Lipinski definition) is 3. The van der Waals surface area contributed by atoms with Gasteiger partial charge in [0.25, 0.3) is 0 Å². The normalized spacial score (nSPS) is 25.3. The van der Waals surface area contributed by atoms with Crippen molar-refractivity contribution in [1.82, 2.24) is 9.80 Å². The Kier molecular flexibility index (Phi) is 5.80. The summed E-state index contributed by atoms with van der Waals surface area (Å²) in [6.45, 7) is 11.8. The zero-order valence-electron chi connectivity index (χ0n) is 15.9. The maximum absolute atomic E-state index is 13.2. The Morgan fingerprint density at radius 1 is 1.16 bits per heavy atom. The monoisotopic (exact) mass is 344 g/mol. The molecule has 1 aromatic carbocycles. The van der Waals surface area contributed by atoms with Crippen LogP contribution in [0.25, 0.3) is 0 Å². The molecule has 0 saturated carbocycles. The summed E-state index contributed by atoms with van der Waals surface area (Å²) in [4.78, 5) is 17.9. The fourth-order valence-electron chi connectivity index (χ4n) is 4.35. The minimum absolute atomic E-state index is 0.297. The van der Waals surface area contributed by atoms with Crippen molar-refractivity contribution in [3.8, 4) is 0 Å². The Morgan fingerprint density at radius 2 is 1.84 bits per heavy atom. The Labute approximate surface area is 152 Å². The molecule has 0 unspecified atom stereocenters. The van der Waals surface area contributed by atoms with Gasteiger partial charge in [-0.3, -0.25) is 9.69 Å². The predicted molar refractivity (Wildman–Crippen MR) is 100 cm³/mol. The number of rotatable bonds is 5. The summed E-state index contributed by atoms with van der Waals surface area (Å²) in [6, 6.07) is 10.8. The fraction of sp³-hybridized carbons (Fsp3) is 0.667. The van der Waals surface area contributed by atoms with Crippen LogP contribution in [-0.4, -0.2) is 61.1 Å². The molecule has 138 valence electrons. The number of carbonyl (C=O) groups is 1. The highest BCUT2D eigenvalue weighted by molar-refractivity contribution is 5.82. The molecule has 2 saturated heterocycles. The van der Waals surface area contributed by atoms with Crippen LogP contribution in [0.3, 0.4) is 0 Å². The van der Waals surface area contributed by atoms with Crippen molar-refractivity contribution in [2.24, 2.45) is 11.3 Å². The summed E-state index contributed by atoms with van der Waals surface area (Å²) in [5.74, 6) is 0.875. The van der Waals surface area contributed by atoms with Crippen LogP contribution < -0.4 is 0 Å². The Bertz CT molecular complexity index is 567. The Balaban J connectivity index is 1.67. The second-order valence-electron chi connectivity index (χ2n) is 8.14. The van der Waals surface area contributed by atoms with Crippen LogP contribution in [-0.2, 0) is 16.0 Å². The van der Waals surface area contributed by atoms with Crippen LogP contribution in [0.15, 0.2) is 30.3 Å². The van der Waals surface area contributed by atoms with E-state index in [0.717, 1.165) is 52.2 Å². The molecule has 3 rings (SSSR count). The van der Waals surface area contributed by atoms with Gasteiger partial charge < -0.3 is 9.64 Å². The van der Waals surface area contributed by atoms with Gasteiger partial charge in [-0.2, -0.15) is 0 Å². The minimum atomic E-state index is -0.362. The van der Waals surface area contributed by atoms with E-state index in [2.05, 4.69) is 42.7 Å². The van der Waals surface area contributed by atoms with Crippen LogP contribution in [0.2, 0.25) is 0 Å². The van der Waals surface area contributed by atoms with Crippen molar-refractivity contribution in [2.75, 3.05) is 39.4 Å². The van der Waals surface area contributed by atoms with Crippen molar-refractivity contribution in [2.45, 2.75) is 39.7 Å². The Hall–Kier alpha value is -1.39. The second kappa shape index (κ2) is 7.88. The number of morpholine rings is 1. The lowest BCUT2D eigenvalue weighted by Gasteiger charge is -2.35. The van der Waals surface area contributed by atoms with E-state index in [4.69, 9.17) is 4.74 Å². The predicted octanol–water partition coefficient (Wildman–Crippen LogP) is 2.82. The summed E-state index contributed by atoms with van der Waals surface area (Å²) in [7, 11) is 0. The van der Waals surface area contributed by atoms with Gasteiger partial charge in [0.15, 0.2) is 0 Å². The molecule has 1 amide bonds. The van der Waals surface area contributed by atoms with Gasteiger partial charge in [-0.1, -0.05) is 57.5 Å². The summed E-state index contributed by atoms with van der Waals surface area (Å²) in [5, 5.41) is 0. The van der Waals surface area contributed by atoms with Crippen molar-refractivity contribution in [3.05, 3.63) is 35.9 Å². The third-order valence-corrected chi connectivity index (χ3v) is 5.80. The van der Waals surface area contributed by atoms with Gasteiger partial charge in [-0.25, -0.2) is 0 Å². The highest BCUT2D eigenvalue weighted by Crippen LogP contribution is 2.31. The maximum Gasteiger partial charge on any atom is 0.228 e. The van der Waals surface area contributed by atoms with E-state index in [9.17, 15) is 4.79 Å². The number of carbonyl (C=O) groups excluding carboxylic acids is 1. The lowest BCUT2D eigenvalue weighted by Crippen LogP contribution is -2.48. The largest absolute Gasteiger partial charge is 0.379 e. The molecule has 0 aliphatic carbocycles. The van der Waals surface area contributed by atoms with Crippen LogP contribution in [0, 0.1) is 11.3 Å². The van der Waals surface area contributed by atoms with Crippen LogP contribution in [0.1, 0.15) is 32.8 Å². The lowest BCUT2D eigenvalue weighted by atomic mass is 9.84. The molecule has 2 fully saturated rings. The van der Waals surface area contributed by atoms with Gasteiger partial charge in [0.05, 0.1) is 13.2 Å². The minimum Gasteiger partial charge on any atom is -0.379 e. The third-order valence-electron chi connectivity index (χ3n) is 5.80. The highest BCUT2D eigenvalue weighted by Gasteiger charge is 2.42. The van der Waals surface area contributed by atoms with Crippen LogP contribution in [0.4, 0.5) is 0 Å². The summed E-state index contributed by atoms with van der Waals surface area (Å²) < 4.78 is 5.50. The van der Waals surface area contributed by atoms with E-state index in [1.807, 2.05) is 18.2 Å². The first-order valence-electron chi connectivity index (χ1n) is 9.66. The maximum atomic E-state index is 13.2. The number of amides is 1. The van der Waals surface area contributed by atoms with E-state index in [-0.39, 0.29) is 5.41 Å².